The van der Waals surface area contributed by atoms with Crippen molar-refractivity contribution >= 4 is 44.9 Å². The van der Waals surface area contributed by atoms with Gasteiger partial charge in [-0.05, 0) is 73.9 Å². The molecule has 0 radical (unpaired) electrons. The van der Waals surface area contributed by atoms with Gasteiger partial charge in [-0.1, -0.05) is 46.3 Å². The molecule has 0 aliphatic carbocycles. The highest BCUT2D eigenvalue weighted by Gasteiger charge is 2.59. The van der Waals surface area contributed by atoms with E-state index in [1.54, 1.807) is 31.2 Å². The number of carbonyl (C=O) groups excluding carboxylic acids is 2. The number of benzene rings is 3. The fourth-order valence-corrected chi connectivity index (χ4v) is 6.68. The second-order valence-electron chi connectivity index (χ2n) is 10.4. The largest absolute Gasteiger partial charge is 0.462 e. The number of anilines is 2. The summed E-state index contributed by atoms with van der Waals surface area (Å²) in [5.41, 5.74) is 4.76. The number of amides is 1. The Labute approximate surface area is 237 Å². The Balaban J connectivity index is 1.36. The minimum absolute atomic E-state index is 0.0222. The Hall–Kier alpha value is -3.49. The molecule has 8 heteroatoms. The van der Waals surface area contributed by atoms with Crippen molar-refractivity contribution in [1.29, 1.82) is 0 Å². The molecule has 3 aliphatic heterocycles. The Morgan fingerprint density at radius 3 is 2.59 bits per heavy atom. The Kier molecular flexibility index (Phi) is 6.77. The number of esters is 1. The Morgan fingerprint density at radius 2 is 1.85 bits per heavy atom. The van der Waals surface area contributed by atoms with Gasteiger partial charge in [0.25, 0.3) is 5.91 Å². The van der Waals surface area contributed by atoms with Crippen LogP contribution < -0.4 is 9.91 Å². The second-order valence-corrected chi connectivity index (χ2v) is 11.3. The standard InChI is InChI=1S/C31H31BrN4O3/c1-3-39-29(37)23-9-12-26(13-10-23)36-30(38)31(21(2)33-36)18-24-17-25(32)11-14-27(24)35-16-15-34(20-28(31)35)19-22-7-5-4-6-8-22/h4-14,17,28H,3,15-16,18-20H2,1-2H3. The number of nitrogens with zero attached hydrogens (tertiary/aromatic N) is 4. The van der Waals surface area contributed by atoms with Crippen LogP contribution in [0.15, 0.2) is 82.4 Å². The minimum atomic E-state index is -0.789. The van der Waals surface area contributed by atoms with E-state index >= 15 is 0 Å². The van der Waals surface area contributed by atoms with Crippen LogP contribution in [0.4, 0.5) is 11.4 Å². The maximum atomic E-state index is 14.5. The summed E-state index contributed by atoms with van der Waals surface area (Å²) in [4.78, 5) is 31.5. The molecule has 0 saturated carbocycles. The topological polar surface area (TPSA) is 65.5 Å². The lowest BCUT2D eigenvalue weighted by Gasteiger charge is -2.53. The van der Waals surface area contributed by atoms with Crippen LogP contribution in [0, 0.1) is 5.41 Å². The van der Waals surface area contributed by atoms with E-state index in [4.69, 9.17) is 9.84 Å². The summed E-state index contributed by atoms with van der Waals surface area (Å²) in [7, 11) is 0. The van der Waals surface area contributed by atoms with Crippen LogP contribution in [0.3, 0.4) is 0 Å². The van der Waals surface area contributed by atoms with E-state index in [1.165, 1.54) is 16.3 Å². The predicted octanol–water partition coefficient (Wildman–Crippen LogP) is 5.28. The third-order valence-electron chi connectivity index (χ3n) is 8.20. The molecule has 3 aliphatic rings. The third kappa shape index (κ3) is 4.45. The number of piperazine rings is 1. The van der Waals surface area contributed by atoms with E-state index in [-0.39, 0.29) is 17.9 Å². The first-order valence-electron chi connectivity index (χ1n) is 13.4. The quantitative estimate of drug-likeness (QED) is 0.380. The van der Waals surface area contributed by atoms with E-state index in [0.29, 0.717) is 24.3 Å². The number of hydrogen-bond donors (Lipinski definition) is 0. The molecule has 1 fully saturated rings. The molecule has 2 unspecified atom stereocenters. The van der Waals surface area contributed by atoms with Gasteiger partial charge in [0.1, 0.15) is 5.41 Å². The lowest BCUT2D eigenvalue weighted by Crippen LogP contribution is -2.66. The van der Waals surface area contributed by atoms with Crippen LogP contribution in [-0.4, -0.2) is 54.8 Å². The van der Waals surface area contributed by atoms with Gasteiger partial charge in [0, 0.05) is 36.3 Å². The van der Waals surface area contributed by atoms with Crippen molar-refractivity contribution in [2.45, 2.75) is 32.9 Å². The van der Waals surface area contributed by atoms with Crippen molar-refractivity contribution in [1.82, 2.24) is 4.90 Å². The number of hydrogen-bond acceptors (Lipinski definition) is 6. The molecule has 1 spiro atoms. The van der Waals surface area contributed by atoms with Gasteiger partial charge in [0.15, 0.2) is 0 Å². The molecule has 6 rings (SSSR count). The molecular formula is C31H31BrN4O3. The van der Waals surface area contributed by atoms with Gasteiger partial charge in [-0.25, -0.2) is 4.79 Å². The van der Waals surface area contributed by atoms with Crippen LogP contribution in [0.25, 0.3) is 0 Å². The summed E-state index contributed by atoms with van der Waals surface area (Å²) in [6.07, 6.45) is 0.591. The lowest BCUT2D eigenvalue weighted by atomic mass is 9.67. The average Bonchev–Trinajstić information content (AvgIpc) is 3.19. The van der Waals surface area contributed by atoms with E-state index in [1.807, 2.05) is 13.0 Å². The molecule has 0 bridgehead atoms. The Bertz CT molecular complexity index is 1440. The fourth-order valence-electron chi connectivity index (χ4n) is 6.27. The number of halogens is 1. The van der Waals surface area contributed by atoms with Crippen molar-refractivity contribution in [3.8, 4) is 0 Å². The summed E-state index contributed by atoms with van der Waals surface area (Å²) in [6.45, 7) is 7.44. The SMILES string of the molecule is CCOC(=O)c1ccc(N2N=C(C)C3(Cc4cc(Br)ccc4N4CCN(Cc5ccccc5)CC43)C2=O)cc1. The van der Waals surface area contributed by atoms with Crippen LogP contribution in [-0.2, 0) is 22.5 Å². The van der Waals surface area contributed by atoms with Gasteiger partial charge in [-0.2, -0.15) is 10.1 Å². The first kappa shape index (κ1) is 25.8. The summed E-state index contributed by atoms with van der Waals surface area (Å²) in [5, 5.41) is 6.38. The average molecular weight is 588 g/mol. The molecule has 200 valence electrons. The van der Waals surface area contributed by atoms with Gasteiger partial charge >= 0.3 is 5.97 Å². The first-order chi connectivity index (χ1) is 18.9. The highest BCUT2D eigenvalue weighted by atomic mass is 79.9. The number of carbonyl (C=O) groups is 2. The monoisotopic (exact) mass is 586 g/mol. The molecule has 0 aromatic heterocycles. The van der Waals surface area contributed by atoms with E-state index in [9.17, 15) is 9.59 Å². The molecule has 7 nitrogen and oxygen atoms in total. The van der Waals surface area contributed by atoms with Crippen LogP contribution >= 0.6 is 15.9 Å². The maximum absolute atomic E-state index is 14.5. The first-order valence-corrected chi connectivity index (χ1v) is 14.2. The fraction of sp³-hybridized carbons (Fsp3) is 0.323. The number of rotatable bonds is 5. The normalized spacial score (nSPS) is 22.5. The van der Waals surface area contributed by atoms with Gasteiger partial charge < -0.3 is 9.64 Å². The zero-order chi connectivity index (χ0) is 27.1. The molecular weight excluding hydrogens is 556 g/mol. The van der Waals surface area contributed by atoms with E-state index in [2.05, 4.69) is 68.2 Å². The Morgan fingerprint density at radius 1 is 1.08 bits per heavy atom. The highest BCUT2D eigenvalue weighted by Crippen LogP contribution is 2.48. The minimum Gasteiger partial charge on any atom is -0.462 e. The molecule has 1 amide bonds. The van der Waals surface area contributed by atoms with Crippen molar-refractivity contribution < 1.29 is 14.3 Å². The lowest BCUT2D eigenvalue weighted by molar-refractivity contribution is -0.125. The van der Waals surface area contributed by atoms with Gasteiger partial charge in [0.05, 0.1) is 29.6 Å². The van der Waals surface area contributed by atoms with Crippen molar-refractivity contribution in [3.63, 3.8) is 0 Å². The van der Waals surface area contributed by atoms with Crippen molar-refractivity contribution in [2.24, 2.45) is 10.5 Å². The van der Waals surface area contributed by atoms with Gasteiger partial charge in [-0.15, -0.1) is 0 Å². The second kappa shape index (κ2) is 10.2. The molecule has 3 aromatic carbocycles. The van der Waals surface area contributed by atoms with Crippen LogP contribution in [0.5, 0.6) is 0 Å². The molecule has 39 heavy (non-hydrogen) atoms. The maximum Gasteiger partial charge on any atom is 0.338 e. The number of ether oxygens (including phenoxy) is 1. The molecule has 3 heterocycles. The van der Waals surface area contributed by atoms with Crippen LogP contribution in [0.2, 0.25) is 0 Å². The van der Waals surface area contributed by atoms with E-state index in [0.717, 1.165) is 41.9 Å². The molecule has 2 atom stereocenters. The van der Waals surface area contributed by atoms with E-state index < -0.39 is 5.41 Å². The number of fused-ring (bicyclic) bond motifs is 4. The smallest absolute Gasteiger partial charge is 0.338 e. The summed E-state index contributed by atoms with van der Waals surface area (Å²) in [5.74, 6) is -0.398. The summed E-state index contributed by atoms with van der Waals surface area (Å²) >= 11 is 3.64. The highest BCUT2D eigenvalue weighted by molar-refractivity contribution is 9.10. The van der Waals surface area contributed by atoms with Gasteiger partial charge in [0.2, 0.25) is 0 Å². The van der Waals surface area contributed by atoms with Gasteiger partial charge in [-0.3, -0.25) is 9.69 Å². The van der Waals surface area contributed by atoms with Crippen molar-refractivity contribution in [3.05, 3.63) is 94.0 Å². The molecule has 3 aromatic rings. The molecule has 0 N–H and O–H groups in total. The summed E-state index contributed by atoms with van der Waals surface area (Å²) in [6, 6.07) is 23.8. The summed E-state index contributed by atoms with van der Waals surface area (Å²) < 4.78 is 6.12. The zero-order valence-electron chi connectivity index (χ0n) is 22.1. The third-order valence-corrected chi connectivity index (χ3v) is 8.69. The zero-order valence-corrected chi connectivity index (χ0v) is 23.7. The predicted molar refractivity (Wildman–Crippen MR) is 156 cm³/mol. The van der Waals surface area contributed by atoms with Crippen LogP contribution in [0.1, 0.15) is 35.3 Å². The molecule has 1 saturated heterocycles. The van der Waals surface area contributed by atoms with Crippen molar-refractivity contribution in [2.75, 3.05) is 36.1 Å². The number of hydrazone groups is 1.